The molecule has 1 aromatic carbocycles. The summed E-state index contributed by atoms with van der Waals surface area (Å²) in [6.07, 6.45) is 2.55. The van der Waals surface area contributed by atoms with E-state index in [0.29, 0.717) is 12.6 Å². The van der Waals surface area contributed by atoms with Gasteiger partial charge in [-0.2, -0.15) is 0 Å². The highest BCUT2D eigenvalue weighted by Crippen LogP contribution is 2.35. The first-order valence-electron chi connectivity index (χ1n) is 7.67. The van der Waals surface area contributed by atoms with Gasteiger partial charge in [-0.15, -0.1) is 0 Å². The molecule has 1 heterocycles. The lowest BCUT2D eigenvalue weighted by Crippen LogP contribution is -2.27. The van der Waals surface area contributed by atoms with Crippen molar-refractivity contribution in [2.75, 3.05) is 4.90 Å². The maximum absolute atomic E-state index is 5.99. The molecule has 3 heteroatoms. The Morgan fingerprint density at radius 2 is 1.90 bits per heavy atom. The summed E-state index contributed by atoms with van der Waals surface area (Å²) in [4.78, 5) is 7.08. The topological polar surface area (TPSA) is 42.1 Å². The van der Waals surface area contributed by atoms with Gasteiger partial charge in [-0.25, -0.2) is 0 Å². The molecule has 0 aliphatic heterocycles. The molecule has 2 aromatic rings. The van der Waals surface area contributed by atoms with Crippen LogP contribution in [0, 0.1) is 13.8 Å². The number of nitrogens with two attached hydrogens (primary N) is 1. The molecule has 0 bridgehead atoms. The zero-order valence-corrected chi connectivity index (χ0v) is 12.8. The molecule has 1 aliphatic rings. The average Bonchev–Trinajstić information content (AvgIpc) is 3.30. The number of hydrogen-bond donors (Lipinski definition) is 1. The molecule has 0 amide bonds. The number of aromatic nitrogens is 1. The van der Waals surface area contributed by atoms with Crippen molar-refractivity contribution in [1.82, 2.24) is 4.98 Å². The molecular formula is C18H23N3. The Kier molecular flexibility index (Phi) is 3.93. The van der Waals surface area contributed by atoms with E-state index in [-0.39, 0.29) is 0 Å². The third kappa shape index (κ3) is 3.08. The largest absolute Gasteiger partial charge is 0.364 e. The van der Waals surface area contributed by atoms with Crippen LogP contribution < -0.4 is 10.6 Å². The number of hydrogen-bond acceptors (Lipinski definition) is 3. The van der Waals surface area contributed by atoms with Gasteiger partial charge in [0, 0.05) is 41.8 Å². The summed E-state index contributed by atoms with van der Waals surface area (Å²) in [7, 11) is 0. The van der Waals surface area contributed by atoms with Crippen LogP contribution in [-0.4, -0.2) is 11.0 Å². The summed E-state index contributed by atoms with van der Waals surface area (Å²) in [5.74, 6) is 0. The van der Waals surface area contributed by atoms with E-state index in [1.165, 1.54) is 29.7 Å². The van der Waals surface area contributed by atoms with Crippen LogP contribution in [0.3, 0.4) is 0 Å². The van der Waals surface area contributed by atoms with E-state index in [4.69, 9.17) is 5.73 Å². The monoisotopic (exact) mass is 281 g/mol. The summed E-state index contributed by atoms with van der Waals surface area (Å²) in [5.41, 5.74) is 11.9. The predicted octanol–water partition coefficient (Wildman–Crippen LogP) is 3.33. The van der Waals surface area contributed by atoms with Crippen molar-refractivity contribution in [3.63, 3.8) is 0 Å². The van der Waals surface area contributed by atoms with Crippen molar-refractivity contribution in [3.8, 4) is 0 Å². The molecule has 3 nitrogen and oxygen atoms in total. The summed E-state index contributed by atoms with van der Waals surface area (Å²) in [5, 5.41) is 0. The Morgan fingerprint density at radius 1 is 1.19 bits per heavy atom. The average molecular weight is 281 g/mol. The zero-order valence-electron chi connectivity index (χ0n) is 12.8. The standard InChI is InChI=1S/C18H23N3/c1-13-10-18(17(11-19)14(2)20-13)21(16-8-9-16)12-15-6-4-3-5-7-15/h3-7,10,16H,8-9,11-12,19H2,1-2H3. The van der Waals surface area contributed by atoms with E-state index in [2.05, 4.69) is 60.1 Å². The lowest BCUT2D eigenvalue weighted by molar-refractivity contribution is 0.780. The highest BCUT2D eigenvalue weighted by Gasteiger charge is 2.31. The first kappa shape index (κ1) is 14.1. The van der Waals surface area contributed by atoms with Gasteiger partial charge in [-0.3, -0.25) is 4.98 Å². The normalized spacial score (nSPS) is 14.2. The van der Waals surface area contributed by atoms with Crippen molar-refractivity contribution in [1.29, 1.82) is 0 Å². The van der Waals surface area contributed by atoms with Gasteiger partial charge < -0.3 is 10.6 Å². The maximum atomic E-state index is 5.99. The van der Waals surface area contributed by atoms with Gasteiger partial charge in [-0.1, -0.05) is 30.3 Å². The van der Waals surface area contributed by atoms with Gasteiger partial charge in [0.1, 0.15) is 0 Å². The van der Waals surface area contributed by atoms with E-state index in [9.17, 15) is 0 Å². The second-order valence-corrected chi connectivity index (χ2v) is 5.90. The Balaban J connectivity index is 1.98. The van der Waals surface area contributed by atoms with Crippen LogP contribution in [-0.2, 0) is 13.1 Å². The lowest BCUT2D eigenvalue weighted by atomic mass is 10.1. The smallest absolute Gasteiger partial charge is 0.0453 e. The van der Waals surface area contributed by atoms with Crippen LogP contribution in [0.1, 0.15) is 35.4 Å². The molecule has 2 N–H and O–H groups in total. The molecule has 110 valence electrons. The van der Waals surface area contributed by atoms with Crippen LogP contribution in [0.4, 0.5) is 5.69 Å². The SMILES string of the molecule is Cc1cc(N(Cc2ccccc2)C2CC2)c(CN)c(C)n1. The fourth-order valence-electron chi connectivity index (χ4n) is 2.92. The summed E-state index contributed by atoms with van der Waals surface area (Å²) in [6.45, 7) is 5.62. The molecule has 0 unspecified atom stereocenters. The summed E-state index contributed by atoms with van der Waals surface area (Å²) in [6, 6.07) is 13.5. The molecule has 3 rings (SSSR count). The van der Waals surface area contributed by atoms with Crippen molar-refractivity contribution in [2.24, 2.45) is 5.73 Å². The van der Waals surface area contributed by atoms with Crippen LogP contribution in [0.5, 0.6) is 0 Å². The van der Waals surface area contributed by atoms with Crippen molar-refractivity contribution >= 4 is 5.69 Å². The minimum atomic E-state index is 0.548. The van der Waals surface area contributed by atoms with Gasteiger partial charge in [0.15, 0.2) is 0 Å². The first-order chi connectivity index (χ1) is 10.2. The van der Waals surface area contributed by atoms with Gasteiger partial charge >= 0.3 is 0 Å². The second kappa shape index (κ2) is 5.86. The van der Waals surface area contributed by atoms with Crippen molar-refractivity contribution in [2.45, 2.75) is 45.8 Å². The van der Waals surface area contributed by atoms with Crippen molar-refractivity contribution in [3.05, 3.63) is 58.9 Å². The molecule has 1 fully saturated rings. The number of pyridine rings is 1. The molecule has 1 aromatic heterocycles. The quantitative estimate of drug-likeness (QED) is 0.914. The van der Waals surface area contributed by atoms with Crippen LogP contribution in [0.15, 0.2) is 36.4 Å². The molecule has 0 saturated heterocycles. The fourth-order valence-corrected chi connectivity index (χ4v) is 2.92. The molecule has 0 radical (unpaired) electrons. The Labute approximate surface area is 126 Å². The fraction of sp³-hybridized carbons (Fsp3) is 0.389. The number of benzene rings is 1. The number of anilines is 1. The third-order valence-corrected chi connectivity index (χ3v) is 4.13. The summed E-state index contributed by atoms with van der Waals surface area (Å²) >= 11 is 0. The summed E-state index contributed by atoms with van der Waals surface area (Å²) < 4.78 is 0. The Bertz CT molecular complexity index is 618. The number of nitrogens with zero attached hydrogens (tertiary/aromatic N) is 2. The second-order valence-electron chi connectivity index (χ2n) is 5.90. The minimum Gasteiger partial charge on any atom is -0.364 e. The Morgan fingerprint density at radius 3 is 2.52 bits per heavy atom. The van der Waals surface area contributed by atoms with E-state index in [1.54, 1.807) is 0 Å². The van der Waals surface area contributed by atoms with Crippen LogP contribution >= 0.6 is 0 Å². The van der Waals surface area contributed by atoms with E-state index in [0.717, 1.165) is 17.9 Å². The maximum Gasteiger partial charge on any atom is 0.0453 e. The molecular weight excluding hydrogens is 258 g/mol. The zero-order chi connectivity index (χ0) is 14.8. The molecule has 21 heavy (non-hydrogen) atoms. The van der Waals surface area contributed by atoms with Gasteiger partial charge in [-0.05, 0) is 38.3 Å². The number of rotatable bonds is 5. The molecule has 0 atom stereocenters. The van der Waals surface area contributed by atoms with Gasteiger partial charge in [0.25, 0.3) is 0 Å². The van der Waals surface area contributed by atoms with Crippen LogP contribution in [0.25, 0.3) is 0 Å². The van der Waals surface area contributed by atoms with Gasteiger partial charge in [0.2, 0.25) is 0 Å². The minimum absolute atomic E-state index is 0.548. The highest BCUT2D eigenvalue weighted by atomic mass is 15.2. The molecule has 0 spiro atoms. The Hall–Kier alpha value is -1.87. The van der Waals surface area contributed by atoms with Crippen LogP contribution in [0.2, 0.25) is 0 Å². The van der Waals surface area contributed by atoms with E-state index in [1.807, 2.05) is 0 Å². The van der Waals surface area contributed by atoms with Gasteiger partial charge in [0.05, 0.1) is 0 Å². The highest BCUT2D eigenvalue weighted by molar-refractivity contribution is 5.58. The lowest BCUT2D eigenvalue weighted by Gasteiger charge is -2.28. The first-order valence-corrected chi connectivity index (χ1v) is 7.67. The van der Waals surface area contributed by atoms with E-state index < -0.39 is 0 Å². The molecule has 1 saturated carbocycles. The third-order valence-electron chi connectivity index (χ3n) is 4.13. The van der Waals surface area contributed by atoms with Crippen molar-refractivity contribution < 1.29 is 0 Å². The number of aryl methyl sites for hydroxylation is 2. The molecule has 1 aliphatic carbocycles. The van der Waals surface area contributed by atoms with E-state index >= 15 is 0 Å². The predicted molar refractivity (Wildman–Crippen MR) is 87.2 cm³/mol.